The summed E-state index contributed by atoms with van der Waals surface area (Å²) in [5, 5.41) is 11.9. The summed E-state index contributed by atoms with van der Waals surface area (Å²) in [5.74, 6) is -1.14. The lowest BCUT2D eigenvalue weighted by molar-refractivity contribution is 0.0698. The van der Waals surface area contributed by atoms with E-state index < -0.39 is 11.8 Å². The summed E-state index contributed by atoms with van der Waals surface area (Å²) in [5.41, 5.74) is 6.13. The molecular weight excluding hydrogens is 275 g/mol. The van der Waals surface area contributed by atoms with Crippen molar-refractivity contribution in [1.82, 2.24) is 0 Å². The minimum Gasteiger partial charge on any atom is -0.496 e. The summed E-state index contributed by atoms with van der Waals surface area (Å²) < 4.78 is 19.0. The third-order valence-corrected chi connectivity index (χ3v) is 3.03. The van der Waals surface area contributed by atoms with Crippen LogP contribution in [0.4, 0.5) is 15.8 Å². The maximum absolute atomic E-state index is 13.8. The molecule has 0 saturated heterocycles. The SMILES string of the molecule is COc1ccccc1CNc1cc(C(=O)O)c(N)cc1F. The van der Waals surface area contributed by atoms with Crippen molar-refractivity contribution in [3.05, 3.63) is 53.3 Å². The van der Waals surface area contributed by atoms with Crippen LogP contribution in [0.15, 0.2) is 36.4 Å². The van der Waals surface area contributed by atoms with E-state index in [4.69, 9.17) is 15.6 Å². The molecule has 0 radical (unpaired) electrons. The summed E-state index contributed by atoms with van der Waals surface area (Å²) in [4.78, 5) is 11.0. The van der Waals surface area contributed by atoms with Gasteiger partial charge in [0.1, 0.15) is 11.6 Å². The minimum absolute atomic E-state index is 0.0764. The number of halogens is 1. The Morgan fingerprint density at radius 2 is 2.10 bits per heavy atom. The van der Waals surface area contributed by atoms with E-state index in [1.54, 1.807) is 13.2 Å². The molecule has 21 heavy (non-hydrogen) atoms. The van der Waals surface area contributed by atoms with E-state index in [9.17, 15) is 9.18 Å². The number of aromatic carboxylic acids is 1. The number of carboxylic acids is 1. The quantitative estimate of drug-likeness (QED) is 0.737. The van der Waals surface area contributed by atoms with Gasteiger partial charge in [-0.2, -0.15) is 0 Å². The Hall–Kier alpha value is -2.76. The molecular formula is C15H15FN2O3. The van der Waals surface area contributed by atoms with Crippen LogP contribution in [0.1, 0.15) is 15.9 Å². The predicted octanol–water partition coefficient (Wildman–Crippen LogP) is 2.73. The first-order valence-corrected chi connectivity index (χ1v) is 6.21. The first-order valence-electron chi connectivity index (χ1n) is 6.21. The number of hydrogen-bond donors (Lipinski definition) is 3. The van der Waals surface area contributed by atoms with Gasteiger partial charge in [-0.3, -0.25) is 0 Å². The molecule has 0 amide bonds. The van der Waals surface area contributed by atoms with Gasteiger partial charge in [-0.25, -0.2) is 9.18 Å². The van der Waals surface area contributed by atoms with Crippen molar-refractivity contribution in [2.45, 2.75) is 6.54 Å². The summed E-state index contributed by atoms with van der Waals surface area (Å²) in [6, 6.07) is 9.46. The highest BCUT2D eigenvalue weighted by Crippen LogP contribution is 2.24. The monoisotopic (exact) mass is 290 g/mol. The molecule has 0 saturated carbocycles. The normalized spacial score (nSPS) is 10.2. The van der Waals surface area contributed by atoms with Crippen molar-refractivity contribution in [2.75, 3.05) is 18.2 Å². The first kappa shape index (κ1) is 14.6. The number of benzene rings is 2. The summed E-state index contributed by atoms with van der Waals surface area (Å²) in [6.45, 7) is 0.296. The first-order chi connectivity index (χ1) is 10.0. The molecule has 0 aliphatic heterocycles. The van der Waals surface area contributed by atoms with E-state index in [0.717, 1.165) is 11.6 Å². The van der Waals surface area contributed by atoms with Gasteiger partial charge in [0.15, 0.2) is 0 Å². The molecule has 0 atom stereocenters. The highest BCUT2D eigenvalue weighted by Gasteiger charge is 2.13. The number of carboxylic acid groups (broad SMARTS) is 1. The largest absolute Gasteiger partial charge is 0.496 e. The highest BCUT2D eigenvalue weighted by molar-refractivity contribution is 5.94. The third-order valence-electron chi connectivity index (χ3n) is 3.03. The van der Waals surface area contributed by atoms with E-state index in [1.807, 2.05) is 18.2 Å². The number of anilines is 2. The van der Waals surface area contributed by atoms with Crippen molar-refractivity contribution < 1.29 is 19.0 Å². The summed E-state index contributed by atoms with van der Waals surface area (Å²) in [6.07, 6.45) is 0. The van der Waals surface area contributed by atoms with Crippen LogP contribution in [0, 0.1) is 5.82 Å². The van der Waals surface area contributed by atoms with Gasteiger partial charge in [-0.15, -0.1) is 0 Å². The number of nitrogen functional groups attached to an aromatic ring is 1. The second-order valence-electron chi connectivity index (χ2n) is 4.39. The zero-order valence-electron chi connectivity index (χ0n) is 11.4. The Kier molecular flexibility index (Phi) is 4.27. The van der Waals surface area contributed by atoms with Crippen LogP contribution in [0.3, 0.4) is 0 Å². The molecule has 0 heterocycles. The Labute approximate surface area is 121 Å². The van der Waals surface area contributed by atoms with Gasteiger partial charge in [0.25, 0.3) is 0 Å². The van der Waals surface area contributed by atoms with Crippen molar-refractivity contribution >= 4 is 17.3 Å². The standard InChI is InChI=1S/C15H15FN2O3/c1-21-14-5-3-2-4-9(14)8-18-13-6-10(15(19)20)12(17)7-11(13)16/h2-7,18H,8,17H2,1H3,(H,19,20). The molecule has 0 unspecified atom stereocenters. The van der Waals surface area contributed by atoms with Crippen LogP contribution < -0.4 is 15.8 Å². The van der Waals surface area contributed by atoms with Crippen LogP contribution in [-0.2, 0) is 6.54 Å². The number of hydrogen-bond acceptors (Lipinski definition) is 4. The summed E-state index contributed by atoms with van der Waals surface area (Å²) in [7, 11) is 1.55. The second-order valence-corrected chi connectivity index (χ2v) is 4.39. The maximum atomic E-state index is 13.8. The molecule has 2 aromatic carbocycles. The Balaban J connectivity index is 2.24. The van der Waals surface area contributed by atoms with E-state index in [-0.39, 0.29) is 16.9 Å². The van der Waals surface area contributed by atoms with Gasteiger partial charge in [0, 0.05) is 17.8 Å². The molecule has 0 aliphatic carbocycles. The minimum atomic E-state index is -1.20. The number of nitrogens with two attached hydrogens (primary N) is 1. The molecule has 5 nitrogen and oxygen atoms in total. The van der Waals surface area contributed by atoms with Gasteiger partial charge in [0.05, 0.1) is 18.4 Å². The van der Waals surface area contributed by atoms with E-state index in [0.29, 0.717) is 12.3 Å². The maximum Gasteiger partial charge on any atom is 0.337 e. The van der Waals surface area contributed by atoms with Crippen LogP contribution >= 0.6 is 0 Å². The number of nitrogens with one attached hydrogen (secondary N) is 1. The lowest BCUT2D eigenvalue weighted by Gasteiger charge is -2.12. The fourth-order valence-electron chi connectivity index (χ4n) is 1.95. The van der Waals surface area contributed by atoms with Gasteiger partial charge in [-0.05, 0) is 18.2 Å². The second kappa shape index (κ2) is 6.13. The van der Waals surface area contributed by atoms with Gasteiger partial charge in [-0.1, -0.05) is 18.2 Å². The van der Waals surface area contributed by atoms with Gasteiger partial charge in [0.2, 0.25) is 0 Å². The molecule has 0 aromatic heterocycles. The molecule has 0 fully saturated rings. The molecule has 0 aliphatic rings. The number of para-hydroxylation sites is 1. The number of rotatable bonds is 5. The Morgan fingerprint density at radius 1 is 1.38 bits per heavy atom. The smallest absolute Gasteiger partial charge is 0.337 e. The molecule has 110 valence electrons. The lowest BCUT2D eigenvalue weighted by atomic mass is 10.1. The Bertz CT molecular complexity index is 674. The molecule has 4 N–H and O–H groups in total. The van der Waals surface area contributed by atoms with Crippen LogP contribution in [-0.4, -0.2) is 18.2 Å². The molecule has 2 rings (SSSR count). The van der Waals surface area contributed by atoms with E-state index in [2.05, 4.69) is 5.32 Å². The number of ether oxygens (including phenoxy) is 1. The van der Waals surface area contributed by atoms with Crippen LogP contribution in [0.2, 0.25) is 0 Å². The van der Waals surface area contributed by atoms with Crippen molar-refractivity contribution in [2.24, 2.45) is 0 Å². The molecule has 6 heteroatoms. The summed E-state index contributed by atoms with van der Waals surface area (Å²) >= 11 is 0. The topological polar surface area (TPSA) is 84.6 Å². The average molecular weight is 290 g/mol. The predicted molar refractivity (Wildman–Crippen MR) is 78.1 cm³/mol. The fraction of sp³-hybridized carbons (Fsp3) is 0.133. The fourth-order valence-corrected chi connectivity index (χ4v) is 1.95. The third kappa shape index (κ3) is 3.22. The molecule has 2 aromatic rings. The van der Waals surface area contributed by atoms with Crippen molar-refractivity contribution in [1.29, 1.82) is 0 Å². The van der Waals surface area contributed by atoms with Crippen LogP contribution in [0.25, 0.3) is 0 Å². The number of carbonyl (C=O) groups is 1. The zero-order chi connectivity index (χ0) is 15.4. The van der Waals surface area contributed by atoms with Crippen LogP contribution in [0.5, 0.6) is 5.75 Å². The Morgan fingerprint density at radius 3 is 2.76 bits per heavy atom. The molecule has 0 bridgehead atoms. The van der Waals surface area contributed by atoms with Crippen molar-refractivity contribution in [3.8, 4) is 5.75 Å². The lowest BCUT2D eigenvalue weighted by Crippen LogP contribution is -2.08. The van der Waals surface area contributed by atoms with Gasteiger partial charge >= 0.3 is 5.97 Å². The van der Waals surface area contributed by atoms with Gasteiger partial charge < -0.3 is 20.9 Å². The van der Waals surface area contributed by atoms with E-state index >= 15 is 0 Å². The molecule has 0 spiro atoms. The number of methoxy groups -OCH3 is 1. The van der Waals surface area contributed by atoms with Crippen molar-refractivity contribution in [3.63, 3.8) is 0 Å². The zero-order valence-corrected chi connectivity index (χ0v) is 11.4. The van der Waals surface area contributed by atoms with E-state index in [1.165, 1.54) is 6.07 Å². The average Bonchev–Trinajstić information content (AvgIpc) is 2.46. The highest BCUT2D eigenvalue weighted by atomic mass is 19.1.